The Hall–Kier alpha value is -3.24. The molecule has 1 saturated heterocycles. The van der Waals surface area contributed by atoms with Gasteiger partial charge in [-0.25, -0.2) is 9.78 Å². The topological polar surface area (TPSA) is 184 Å². The fraction of sp³-hybridized carbons (Fsp3) is 0.353. The molecule has 1 aromatic heterocycles. The van der Waals surface area contributed by atoms with Crippen molar-refractivity contribution in [1.29, 1.82) is 0 Å². The number of carbonyl (C=O) groups excluding carboxylic acids is 2. The summed E-state index contributed by atoms with van der Waals surface area (Å²) in [5.41, 5.74) is 8.59. The van der Waals surface area contributed by atoms with Gasteiger partial charge in [0.15, 0.2) is 16.0 Å². The molecule has 3 heterocycles. The van der Waals surface area contributed by atoms with Crippen LogP contribution in [-0.2, 0) is 19.2 Å². The summed E-state index contributed by atoms with van der Waals surface area (Å²) in [7, 11) is 1.27. The van der Waals surface area contributed by atoms with Crippen molar-refractivity contribution in [1.82, 2.24) is 25.9 Å². The van der Waals surface area contributed by atoms with Gasteiger partial charge >= 0.3 is 5.97 Å². The summed E-state index contributed by atoms with van der Waals surface area (Å²) >= 11 is 7.50. The van der Waals surface area contributed by atoms with Crippen molar-refractivity contribution in [3.8, 4) is 0 Å². The van der Waals surface area contributed by atoms with Crippen molar-refractivity contribution in [2.75, 3.05) is 25.1 Å². The van der Waals surface area contributed by atoms with Gasteiger partial charge in [0.05, 0.1) is 0 Å². The van der Waals surface area contributed by atoms with Crippen molar-refractivity contribution in [3.05, 3.63) is 22.3 Å². The molecule has 33 heavy (non-hydrogen) atoms. The average molecular weight is 513 g/mol. The second-order valence-corrected chi connectivity index (χ2v) is 8.90. The van der Waals surface area contributed by atoms with Gasteiger partial charge in [0, 0.05) is 23.9 Å². The van der Waals surface area contributed by atoms with Crippen LogP contribution in [0.4, 0.5) is 5.13 Å². The summed E-state index contributed by atoms with van der Waals surface area (Å²) in [5, 5.41) is 24.0. The minimum absolute atomic E-state index is 0.114. The number of carboxylic acid groups (broad SMARTS) is 1. The molecule has 13 nitrogen and oxygen atoms in total. The summed E-state index contributed by atoms with van der Waals surface area (Å²) < 4.78 is 0. The van der Waals surface area contributed by atoms with Crippen LogP contribution in [0.3, 0.4) is 0 Å². The number of hydrogen-bond acceptors (Lipinski definition) is 11. The smallest absolute Gasteiger partial charge is 0.352 e. The molecule has 6 N–H and O–H groups in total. The molecule has 1 unspecified atom stereocenters. The highest BCUT2D eigenvalue weighted by Gasteiger charge is 2.54. The number of nitrogens with zero attached hydrogens (tertiary/aromatic N) is 4. The van der Waals surface area contributed by atoms with Crippen LogP contribution in [0, 0.1) is 0 Å². The summed E-state index contributed by atoms with van der Waals surface area (Å²) in [6.45, 7) is 1.82. The summed E-state index contributed by atoms with van der Waals surface area (Å²) in [6.07, 6.45) is 1.51. The van der Waals surface area contributed by atoms with Gasteiger partial charge in [-0.05, 0) is 24.7 Å². The highest BCUT2D eigenvalue weighted by atomic mass is 32.2. The maximum absolute atomic E-state index is 12.8. The van der Waals surface area contributed by atoms with Crippen LogP contribution >= 0.6 is 35.3 Å². The predicted octanol–water partition coefficient (Wildman–Crippen LogP) is -0.716. The molecule has 1 aromatic rings. The quantitative estimate of drug-likeness (QED) is 0.128. The number of thioether (sulfide) groups is 1. The molecule has 0 radical (unpaired) electrons. The summed E-state index contributed by atoms with van der Waals surface area (Å²) in [4.78, 5) is 47.4. The Morgan fingerprint density at radius 1 is 1.52 bits per heavy atom. The number of carboxylic acids is 1. The Morgan fingerprint density at radius 2 is 2.27 bits per heavy atom. The van der Waals surface area contributed by atoms with E-state index in [2.05, 4.69) is 31.3 Å². The number of hydrogen-bond donors (Lipinski definition) is 5. The number of β-lactam (4-membered cyclic amide) rings is 1. The lowest BCUT2D eigenvalue weighted by Gasteiger charge is -2.49. The molecule has 3 rings (SSSR count). The van der Waals surface area contributed by atoms with Crippen molar-refractivity contribution in [2.45, 2.75) is 18.3 Å². The lowest BCUT2D eigenvalue weighted by Crippen LogP contribution is -2.71. The standard InChI is InChI=1S/C17H20N8O5S3/c1-3-20-23-17(31)19-4-7-5-32-14-10(13(27)25(14)11(7)15(28)29)22-12(26)9(24-30-2)8-6-33-16(18)21-8/h3,6,10,14H,4-5H2,1-2H3,(H2,18,21)(H,22,26)(H,28,29)(H2,19,23,31)/t10?,14-/m0/s1. The number of aromatic nitrogens is 1. The van der Waals surface area contributed by atoms with E-state index in [0.717, 1.165) is 16.2 Å². The third-order valence-corrected chi connectivity index (χ3v) is 6.71. The van der Waals surface area contributed by atoms with E-state index in [9.17, 15) is 19.5 Å². The molecule has 1 fully saturated rings. The second-order valence-electron chi connectivity index (χ2n) is 6.49. The van der Waals surface area contributed by atoms with E-state index in [1.54, 1.807) is 6.92 Å². The van der Waals surface area contributed by atoms with Gasteiger partial charge in [-0.15, -0.1) is 23.1 Å². The minimum Gasteiger partial charge on any atom is -0.477 e. The molecule has 2 amide bonds. The van der Waals surface area contributed by atoms with Crippen LogP contribution in [0.5, 0.6) is 0 Å². The van der Waals surface area contributed by atoms with E-state index in [4.69, 9.17) is 22.8 Å². The predicted molar refractivity (Wildman–Crippen MR) is 128 cm³/mol. The van der Waals surface area contributed by atoms with Crippen LogP contribution in [0.1, 0.15) is 12.6 Å². The van der Waals surface area contributed by atoms with Crippen LogP contribution in [-0.4, -0.2) is 80.6 Å². The third-order valence-electron chi connectivity index (χ3n) is 4.46. The summed E-state index contributed by atoms with van der Waals surface area (Å²) in [5.74, 6) is -2.18. The zero-order valence-corrected chi connectivity index (χ0v) is 19.8. The van der Waals surface area contributed by atoms with Gasteiger partial charge in [-0.3, -0.25) is 19.9 Å². The van der Waals surface area contributed by atoms with Crippen molar-refractivity contribution >= 4 is 75.3 Å². The van der Waals surface area contributed by atoms with E-state index >= 15 is 0 Å². The first-order valence-electron chi connectivity index (χ1n) is 9.33. The number of oxime groups is 1. The average Bonchev–Trinajstić information content (AvgIpc) is 3.22. The molecule has 176 valence electrons. The van der Waals surface area contributed by atoms with Gasteiger partial charge in [0.25, 0.3) is 11.8 Å². The Bertz CT molecular complexity index is 1070. The van der Waals surface area contributed by atoms with Crippen LogP contribution in [0.2, 0.25) is 0 Å². The number of thiocarbonyl (C=S) groups is 1. The minimum atomic E-state index is -1.25. The zero-order valence-electron chi connectivity index (χ0n) is 17.4. The second kappa shape index (κ2) is 10.6. The molecular weight excluding hydrogens is 492 g/mol. The van der Waals surface area contributed by atoms with Crippen LogP contribution in [0.25, 0.3) is 0 Å². The third kappa shape index (κ3) is 5.23. The molecule has 2 aliphatic heterocycles. The number of aliphatic carboxylic acids is 1. The molecule has 2 atom stereocenters. The van der Waals surface area contributed by atoms with E-state index < -0.39 is 29.2 Å². The summed E-state index contributed by atoms with van der Waals surface area (Å²) in [6, 6.07) is -0.939. The van der Waals surface area contributed by atoms with Crippen LogP contribution < -0.4 is 21.8 Å². The molecular formula is C17H20N8O5S3. The van der Waals surface area contributed by atoms with Crippen molar-refractivity contribution < 1.29 is 24.3 Å². The molecule has 0 bridgehead atoms. The fourth-order valence-electron chi connectivity index (χ4n) is 3.07. The Morgan fingerprint density at radius 3 is 2.88 bits per heavy atom. The molecule has 0 spiro atoms. The molecule has 2 aliphatic rings. The maximum Gasteiger partial charge on any atom is 0.352 e. The number of rotatable bonds is 8. The first-order chi connectivity index (χ1) is 15.8. The van der Waals surface area contributed by atoms with Gasteiger partial charge in [0.1, 0.15) is 29.9 Å². The van der Waals surface area contributed by atoms with E-state index in [1.807, 2.05) is 0 Å². The van der Waals surface area contributed by atoms with Gasteiger partial charge in [-0.2, -0.15) is 5.10 Å². The van der Waals surface area contributed by atoms with Gasteiger partial charge < -0.3 is 26.3 Å². The molecule has 16 heteroatoms. The maximum atomic E-state index is 12.8. The SMILES string of the molecule is CC=NNC(=S)NCC1=C(C(=O)O)N2C(=O)C(NC(=O)C(=NOC)c3csc(N)n3)[C@@H]2SC1. The Balaban J connectivity index is 1.73. The number of thiazole rings is 1. The Kier molecular flexibility index (Phi) is 7.83. The van der Waals surface area contributed by atoms with E-state index in [0.29, 0.717) is 11.3 Å². The number of nitrogen functional groups attached to an aromatic ring is 1. The lowest BCUT2D eigenvalue weighted by molar-refractivity contribution is -0.150. The number of fused-ring (bicyclic) bond motifs is 1. The highest BCUT2D eigenvalue weighted by Crippen LogP contribution is 2.40. The Labute approximate surface area is 201 Å². The van der Waals surface area contributed by atoms with Crippen molar-refractivity contribution in [2.24, 2.45) is 10.3 Å². The first-order valence-corrected chi connectivity index (χ1v) is 11.7. The number of carbonyl (C=O) groups is 3. The molecule has 0 saturated carbocycles. The molecule has 0 aromatic carbocycles. The number of nitrogens with two attached hydrogens (primary N) is 1. The fourth-order valence-corrected chi connectivity index (χ4v) is 5.09. The number of nitrogens with one attached hydrogen (secondary N) is 3. The lowest BCUT2D eigenvalue weighted by atomic mass is 10.0. The zero-order chi connectivity index (χ0) is 24.1. The number of hydrazone groups is 1. The van der Waals surface area contributed by atoms with Crippen molar-refractivity contribution in [3.63, 3.8) is 0 Å². The molecule has 0 aliphatic carbocycles. The normalized spacial score (nSPS) is 20.2. The highest BCUT2D eigenvalue weighted by molar-refractivity contribution is 8.00. The number of anilines is 1. The van der Waals surface area contributed by atoms with E-state index in [1.165, 1.54) is 30.5 Å². The monoisotopic (exact) mass is 512 g/mol. The van der Waals surface area contributed by atoms with Gasteiger partial charge in [-0.1, -0.05) is 5.16 Å². The largest absolute Gasteiger partial charge is 0.477 e. The first kappa shape index (κ1) is 24.4. The van der Waals surface area contributed by atoms with Gasteiger partial charge in [0.2, 0.25) is 0 Å². The number of amides is 2. The van der Waals surface area contributed by atoms with E-state index in [-0.39, 0.29) is 33.9 Å². The van der Waals surface area contributed by atoms with Crippen LogP contribution in [0.15, 0.2) is 26.9 Å².